The lowest BCUT2D eigenvalue weighted by Crippen LogP contribution is -2.26. The highest BCUT2D eigenvalue weighted by Crippen LogP contribution is 2.32. The number of Topliss-reactive ketones (excluding diaryl/α,β-unsaturated/α-hetero) is 1. The number of carbonyl (C=O) groups is 2. The van der Waals surface area contributed by atoms with Crippen LogP contribution in [0.25, 0.3) is 0 Å². The molecule has 1 atom stereocenters. The first-order valence-electron chi connectivity index (χ1n) is 7.56. The standard InChI is InChI=1S/C19H19BrO4/c1-14(2)18(22)23-12-13-24-19(20)10-8-16(9-11-19)17(21)15-6-4-3-5-7-15/h3-10H,1,11-13H2,2H3. The summed E-state index contributed by atoms with van der Waals surface area (Å²) in [5.41, 5.74) is 1.64. The summed E-state index contributed by atoms with van der Waals surface area (Å²) >= 11 is 3.50. The number of rotatable bonds is 7. The van der Waals surface area contributed by atoms with Crippen LogP contribution in [0.4, 0.5) is 0 Å². The molecule has 1 aliphatic carbocycles. The first-order valence-corrected chi connectivity index (χ1v) is 8.35. The molecule has 0 radical (unpaired) electrons. The molecule has 0 spiro atoms. The van der Waals surface area contributed by atoms with Crippen molar-refractivity contribution in [3.63, 3.8) is 0 Å². The van der Waals surface area contributed by atoms with Crippen LogP contribution in [-0.2, 0) is 14.3 Å². The first-order chi connectivity index (χ1) is 11.4. The Labute approximate surface area is 150 Å². The third-order valence-corrected chi connectivity index (χ3v) is 4.23. The first kappa shape index (κ1) is 18.4. The molecule has 1 aliphatic rings. The van der Waals surface area contributed by atoms with Crippen LogP contribution in [0.2, 0.25) is 0 Å². The van der Waals surface area contributed by atoms with Crippen molar-refractivity contribution in [2.45, 2.75) is 17.9 Å². The molecule has 1 aromatic rings. The van der Waals surface area contributed by atoms with Crippen molar-refractivity contribution in [1.82, 2.24) is 0 Å². The largest absolute Gasteiger partial charge is 0.460 e. The van der Waals surface area contributed by atoms with Gasteiger partial charge in [-0.1, -0.05) is 49.1 Å². The molecule has 4 nitrogen and oxygen atoms in total. The second-order valence-electron chi connectivity index (χ2n) is 5.44. The number of esters is 1. The van der Waals surface area contributed by atoms with Gasteiger partial charge in [0.05, 0.1) is 6.61 Å². The summed E-state index contributed by atoms with van der Waals surface area (Å²) in [6.45, 7) is 5.49. The van der Waals surface area contributed by atoms with Crippen molar-refractivity contribution in [3.8, 4) is 0 Å². The minimum Gasteiger partial charge on any atom is -0.460 e. The summed E-state index contributed by atoms with van der Waals surface area (Å²) in [4.78, 5) is 23.6. The Hall–Kier alpha value is -1.98. The molecule has 0 N–H and O–H groups in total. The number of halogens is 1. The van der Waals surface area contributed by atoms with E-state index in [9.17, 15) is 9.59 Å². The Morgan fingerprint density at radius 3 is 2.54 bits per heavy atom. The van der Waals surface area contributed by atoms with Crippen molar-refractivity contribution in [2.24, 2.45) is 0 Å². The van der Waals surface area contributed by atoms with E-state index in [0.29, 0.717) is 23.1 Å². The summed E-state index contributed by atoms with van der Waals surface area (Å²) < 4.78 is 9.99. The fourth-order valence-corrected chi connectivity index (χ4v) is 2.56. The summed E-state index contributed by atoms with van der Waals surface area (Å²) in [5, 5.41) is 0. The molecule has 2 rings (SSSR count). The lowest BCUT2D eigenvalue weighted by Gasteiger charge is -2.26. The van der Waals surface area contributed by atoms with Gasteiger partial charge in [0.15, 0.2) is 5.78 Å². The smallest absolute Gasteiger partial charge is 0.333 e. The quantitative estimate of drug-likeness (QED) is 0.232. The Balaban J connectivity index is 1.85. The van der Waals surface area contributed by atoms with Gasteiger partial charge in [-0.15, -0.1) is 0 Å². The van der Waals surface area contributed by atoms with Crippen LogP contribution >= 0.6 is 15.9 Å². The topological polar surface area (TPSA) is 52.6 Å². The molecule has 126 valence electrons. The maximum absolute atomic E-state index is 12.4. The van der Waals surface area contributed by atoms with Gasteiger partial charge in [0.2, 0.25) is 0 Å². The number of carbonyl (C=O) groups excluding carboxylic acids is 2. The minimum atomic E-state index is -0.691. The Morgan fingerprint density at radius 2 is 1.96 bits per heavy atom. The zero-order chi connectivity index (χ0) is 17.6. The number of hydrogen-bond donors (Lipinski definition) is 0. The summed E-state index contributed by atoms with van der Waals surface area (Å²) in [6.07, 6.45) is 5.88. The summed E-state index contributed by atoms with van der Waals surface area (Å²) in [7, 11) is 0. The molecule has 0 heterocycles. The van der Waals surface area contributed by atoms with Gasteiger partial charge in [0, 0.05) is 23.1 Å². The van der Waals surface area contributed by atoms with Crippen LogP contribution < -0.4 is 0 Å². The number of hydrogen-bond acceptors (Lipinski definition) is 4. The van der Waals surface area contributed by atoms with Crippen LogP contribution in [-0.4, -0.2) is 29.5 Å². The maximum atomic E-state index is 12.4. The van der Waals surface area contributed by atoms with Gasteiger partial charge in [-0.3, -0.25) is 4.79 Å². The molecule has 0 saturated carbocycles. The van der Waals surface area contributed by atoms with E-state index in [1.165, 1.54) is 0 Å². The predicted octanol–water partition coefficient (Wildman–Crippen LogP) is 3.98. The van der Waals surface area contributed by atoms with Gasteiger partial charge < -0.3 is 9.47 Å². The lowest BCUT2D eigenvalue weighted by atomic mass is 9.97. The highest BCUT2D eigenvalue weighted by Gasteiger charge is 2.27. The molecule has 0 bridgehead atoms. The van der Waals surface area contributed by atoms with Gasteiger partial charge in [0.1, 0.15) is 11.1 Å². The molecule has 0 fully saturated rings. The number of ether oxygens (including phenoxy) is 2. The zero-order valence-corrected chi connectivity index (χ0v) is 15.0. The Kier molecular flexibility index (Phi) is 6.29. The van der Waals surface area contributed by atoms with E-state index in [0.717, 1.165) is 0 Å². The van der Waals surface area contributed by atoms with E-state index >= 15 is 0 Å². The van der Waals surface area contributed by atoms with E-state index < -0.39 is 10.5 Å². The molecule has 5 heteroatoms. The van der Waals surface area contributed by atoms with Crippen molar-refractivity contribution < 1.29 is 19.1 Å². The minimum absolute atomic E-state index is 0.0169. The van der Waals surface area contributed by atoms with Gasteiger partial charge in [-0.2, -0.15) is 0 Å². The zero-order valence-electron chi connectivity index (χ0n) is 13.5. The number of alkyl halides is 1. The van der Waals surface area contributed by atoms with E-state index in [-0.39, 0.29) is 19.0 Å². The predicted molar refractivity (Wildman–Crippen MR) is 96.0 cm³/mol. The van der Waals surface area contributed by atoms with Crippen molar-refractivity contribution >= 4 is 27.7 Å². The third kappa shape index (κ3) is 5.01. The van der Waals surface area contributed by atoms with E-state index in [1.807, 2.05) is 24.3 Å². The molecular formula is C19H19BrO4. The third-order valence-electron chi connectivity index (χ3n) is 3.42. The fraction of sp³-hybridized carbons (Fsp3) is 0.263. The van der Waals surface area contributed by atoms with Crippen LogP contribution in [0.15, 0.2) is 66.3 Å². The molecule has 24 heavy (non-hydrogen) atoms. The Morgan fingerprint density at radius 1 is 1.25 bits per heavy atom. The SMILES string of the molecule is C=C(C)C(=O)OCCOC1(Br)C=CC(C(=O)c2ccccc2)=CC1. The molecule has 0 aliphatic heterocycles. The van der Waals surface area contributed by atoms with Crippen LogP contribution in [0.1, 0.15) is 23.7 Å². The second-order valence-corrected chi connectivity index (χ2v) is 6.79. The van der Waals surface area contributed by atoms with Crippen molar-refractivity contribution in [1.29, 1.82) is 0 Å². The van der Waals surface area contributed by atoms with Crippen molar-refractivity contribution in [3.05, 3.63) is 71.8 Å². The Bertz CT molecular complexity index is 691. The van der Waals surface area contributed by atoms with Gasteiger partial charge in [0.25, 0.3) is 0 Å². The molecule has 1 unspecified atom stereocenters. The van der Waals surface area contributed by atoms with E-state index in [4.69, 9.17) is 9.47 Å². The van der Waals surface area contributed by atoms with E-state index in [1.54, 1.807) is 31.2 Å². The number of ketones is 1. The average Bonchev–Trinajstić information content (AvgIpc) is 2.59. The van der Waals surface area contributed by atoms with Crippen molar-refractivity contribution in [2.75, 3.05) is 13.2 Å². The molecular weight excluding hydrogens is 372 g/mol. The summed E-state index contributed by atoms with van der Waals surface area (Å²) in [5.74, 6) is -0.450. The average molecular weight is 391 g/mol. The van der Waals surface area contributed by atoms with Gasteiger partial charge in [-0.25, -0.2) is 4.79 Å². The second kappa shape index (κ2) is 8.22. The fourth-order valence-electron chi connectivity index (χ4n) is 2.10. The molecule has 0 saturated heterocycles. The number of benzene rings is 1. The molecule has 0 aromatic heterocycles. The van der Waals surface area contributed by atoms with Crippen LogP contribution in [0.5, 0.6) is 0 Å². The molecule has 1 aromatic carbocycles. The highest BCUT2D eigenvalue weighted by molar-refractivity contribution is 9.10. The van der Waals surface area contributed by atoms with E-state index in [2.05, 4.69) is 22.5 Å². The van der Waals surface area contributed by atoms with Crippen LogP contribution in [0.3, 0.4) is 0 Å². The summed E-state index contributed by atoms with van der Waals surface area (Å²) in [6, 6.07) is 9.13. The number of allylic oxidation sites excluding steroid dienone is 2. The normalized spacial score (nSPS) is 19.5. The van der Waals surface area contributed by atoms with Gasteiger partial charge >= 0.3 is 5.97 Å². The maximum Gasteiger partial charge on any atom is 0.333 e. The van der Waals surface area contributed by atoms with Crippen LogP contribution in [0, 0.1) is 0 Å². The highest BCUT2D eigenvalue weighted by atomic mass is 79.9. The monoisotopic (exact) mass is 390 g/mol. The molecule has 0 amide bonds. The lowest BCUT2D eigenvalue weighted by molar-refractivity contribution is -0.141. The van der Waals surface area contributed by atoms with Gasteiger partial charge in [-0.05, 0) is 28.9 Å².